The van der Waals surface area contributed by atoms with Gasteiger partial charge in [0.1, 0.15) is 0 Å². The molecule has 5 heteroatoms. The van der Waals surface area contributed by atoms with E-state index >= 15 is 0 Å². The molecule has 0 spiro atoms. The average molecular weight is 243 g/mol. The minimum Gasteiger partial charge on any atom is -0.383 e. The molecule has 4 nitrogen and oxygen atoms in total. The highest BCUT2D eigenvalue weighted by Crippen LogP contribution is 2.11. The van der Waals surface area contributed by atoms with Crippen LogP contribution in [0.4, 0.5) is 0 Å². The molecule has 0 aliphatic heterocycles. The summed E-state index contributed by atoms with van der Waals surface area (Å²) < 4.78 is 30.9. The Hall–Kier alpha value is -0.910. The third-order valence-corrected chi connectivity index (χ3v) is 3.67. The highest BCUT2D eigenvalue weighted by Gasteiger charge is 2.12. The van der Waals surface area contributed by atoms with E-state index in [2.05, 4.69) is 4.72 Å². The molecule has 0 aliphatic carbocycles. The van der Waals surface area contributed by atoms with Gasteiger partial charge < -0.3 is 4.74 Å². The number of hydrogen-bond donors (Lipinski definition) is 1. The van der Waals surface area contributed by atoms with Crippen molar-refractivity contribution in [2.24, 2.45) is 0 Å². The SMILES string of the molecule is CCc1cccc(S(=O)(=O)NCCOC)c1. The van der Waals surface area contributed by atoms with Gasteiger partial charge in [-0.2, -0.15) is 0 Å². The molecule has 90 valence electrons. The van der Waals surface area contributed by atoms with Crippen LogP contribution in [0.2, 0.25) is 0 Å². The molecule has 0 fully saturated rings. The molecule has 0 atom stereocenters. The van der Waals surface area contributed by atoms with Crippen LogP contribution in [0, 0.1) is 0 Å². The Balaban J connectivity index is 2.81. The number of ether oxygens (including phenoxy) is 1. The molecule has 0 amide bonds. The first-order valence-corrected chi connectivity index (χ1v) is 6.66. The summed E-state index contributed by atoms with van der Waals surface area (Å²) in [7, 11) is -1.86. The molecule has 0 saturated heterocycles. The number of nitrogens with one attached hydrogen (secondary N) is 1. The zero-order valence-electron chi connectivity index (χ0n) is 9.56. The molecule has 0 aromatic heterocycles. The fourth-order valence-electron chi connectivity index (χ4n) is 1.29. The molecule has 1 aromatic rings. The second-order valence-electron chi connectivity index (χ2n) is 3.39. The summed E-state index contributed by atoms with van der Waals surface area (Å²) in [5, 5.41) is 0. The van der Waals surface area contributed by atoms with E-state index in [4.69, 9.17) is 4.74 Å². The summed E-state index contributed by atoms with van der Waals surface area (Å²) in [6.45, 7) is 2.64. The Morgan fingerprint density at radius 3 is 2.75 bits per heavy atom. The molecule has 1 rings (SSSR count). The van der Waals surface area contributed by atoms with Crippen molar-refractivity contribution >= 4 is 10.0 Å². The first-order chi connectivity index (χ1) is 7.60. The van der Waals surface area contributed by atoms with Crippen molar-refractivity contribution in [3.63, 3.8) is 0 Å². The lowest BCUT2D eigenvalue weighted by atomic mass is 10.2. The van der Waals surface area contributed by atoms with Gasteiger partial charge in [-0.1, -0.05) is 19.1 Å². The predicted octanol–water partition coefficient (Wildman–Crippen LogP) is 1.17. The van der Waals surface area contributed by atoms with Gasteiger partial charge in [0, 0.05) is 13.7 Å². The Bertz CT molecular complexity index is 429. The van der Waals surface area contributed by atoms with Crippen molar-refractivity contribution in [2.75, 3.05) is 20.3 Å². The summed E-state index contributed by atoms with van der Waals surface area (Å²) in [6, 6.07) is 6.95. The van der Waals surface area contributed by atoms with Crippen LogP contribution in [0.25, 0.3) is 0 Å². The minimum atomic E-state index is -3.40. The number of methoxy groups -OCH3 is 1. The Morgan fingerprint density at radius 1 is 1.38 bits per heavy atom. The topological polar surface area (TPSA) is 55.4 Å². The Labute approximate surface area is 96.7 Å². The maximum atomic E-state index is 11.8. The van der Waals surface area contributed by atoms with Gasteiger partial charge in [0.2, 0.25) is 10.0 Å². The van der Waals surface area contributed by atoms with Gasteiger partial charge in [0.25, 0.3) is 0 Å². The molecule has 0 radical (unpaired) electrons. The molecule has 0 unspecified atom stereocenters. The van der Waals surface area contributed by atoms with Crippen molar-refractivity contribution in [1.29, 1.82) is 0 Å². The highest BCUT2D eigenvalue weighted by molar-refractivity contribution is 7.89. The van der Waals surface area contributed by atoms with E-state index < -0.39 is 10.0 Å². The summed E-state index contributed by atoms with van der Waals surface area (Å²) in [5.74, 6) is 0. The van der Waals surface area contributed by atoms with Crippen molar-refractivity contribution in [3.8, 4) is 0 Å². The zero-order valence-corrected chi connectivity index (χ0v) is 10.4. The number of aryl methyl sites for hydroxylation is 1. The fraction of sp³-hybridized carbons (Fsp3) is 0.455. The maximum absolute atomic E-state index is 11.8. The number of rotatable bonds is 6. The summed E-state index contributed by atoms with van der Waals surface area (Å²) >= 11 is 0. The number of hydrogen-bond acceptors (Lipinski definition) is 3. The molecule has 0 saturated carbocycles. The molecular weight excluding hydrogens is 226 g/mol. The van der Waals surface area contributed by atoms with E-state index in [0.29, 0.717) is 11.5 Å². The Morgan fingerprint density at radius 2 is 2.12 bits per heavy atom. The normalized spacial score (nSPS) is 11.6. The smallest absolute Gasteiger partial charge is 0.240 e. The van der Waals surface area contributed by atoms with E-state index in [0.717, 1.165) is 12.0 Å². The lowest BCUT2D eigenvalue weighted by Gasteiger charge is -2.07. The number of sulfonamides is 1. The van der Waals surface area contributed by atoms with Crippen molar-refractivity contribution in [2.45, 2.75) is 18.2 Å². The zero-order chi connectivity index (χ0) is 12.0. The van der Waals surface area contributed by atoms with Gasteiger partial charge in [-0.25, -0.2) is 13.1 Å². The van der Waals surface area contributed by atoms with Gasteiger partial charge in [0.15, 0.2) is 0 Å². The lowest BCUT2D eigenvalue weighted by Crippen LogP contribution is -2.27. The quantitative estimate of drug-likeness (QED) is 0.763. The fourth-order valence-corrected chi connectivity index (χ4v) is 2.38. The summed E-state index contributed by atoms with van der Waals surface area (Å²) in [4.78, 5) is 0.308. The lowest BCUT2D eigenvalue weighted by molar-refractivity contribution is 0.204. The summed E-state index contributed by atoms with van der Waals surface area (Å²) in [6.07, 6.45) is 0.821. The van der Waals surface area contributed by atoms with Crippen molar-refractivity contribution in [3.05, 3.63) is 29.8 Å². The number of benzene rings is 1. The summed E-state index contributed by atoms with van der Waals surface area (Å²) in [5.41, 5.74) is 1.01. The van der Waals surface area contributed by atoms with Gasteiger partial charge in [0.05, 0.1) is 11.5 Å². The Kier molecular flexibility index (Phi) is 4.92. The largest absolute Gasteiger partial charge is 0.383 e. The van der Waals surface area contributed by atoms with E-state index in [1.165, 1.54) is 7.11 Å². The van der Waals surface area contributed by atoms with E-state index in [1.807, 2.05) is 13.0 Å². The van der Waals surface area contributed by atoms with Crippen LogP contribution in [0.1, 0.15) is 12.5 Å². The molecule has 0 heterocycles. The van der Waals surface area contributed by atoms with E-state index in [9.17, 15) is 8.42 Å². The molecule has 16 heavy (non-hydrogen) atoms. The van der Waals surface area contributed by atoms with Gasteiger partial charge in [-0.15, -0.1) is 0 Å². The van der Waals surface area contributed by atoms with Crippen LogP contribution in [0.15, 0.2) is 29.2 Å². The van der Waals surface area contributed by atoms with Crippen LogP contribution in [-0.4, -0.2) is 28.7 Å². The third kappa shape index (κ3) is 3.59. The third-order valence-electron chi connectivity index (χ3n) is 2.22. The second kappa shape index (κ2) is 5.98. The first-order valence-electron chi connectivity index (χ1n) is 5.17. The van der Waals surface area contributed by atoms with E-state index in [-0.39, 0.29) is 6.54 Å². The van der Waals surface area contributed by atoms with Crippen molar-refractivity contribution < 1.29 is 13.2 Å². The predicted molar refractivity (Wildman–Crippen MR) is 62.9 cm³/mol. The van der Waals surface area contributed by atoms with Crippen LogP contribution in [0.5, 0.6) is 0 Å². The van der Waals surface area contributed by atoms with Gasteiger partial charge in [-0.3, -0.25) is 0 Å². The van der Waals surface area contributed by atoms with Crippen molar-refractivity contribution in [1.82, 2.24) is 4.72 Å². The molecule has 0 aliphatic rings. The van der Waals surface area contributed by atoms with Crippen LogP contribution in [-0.2, 0) is 21.2 Å². The van der Waals surface area contributed by atoms with Crippen LogP contribution >= 0.6 is 0 Å². The monoisotopic (exact) mass is 243 g/mol. The molecule has 1 N–H and O–H groups in total. The second-order valence-corrected chi connectivity index (χ2v) is 5.16. The molecule has 0 bridgehead atoms. The molecule has 1 aromatic carbocycles. The standard InChI is InChI=1S/C11H17NO3S/c1-3-10-5-4-6-11(9-10)16(13,14)12-7-8-15-2/h4-6,9,12H,3,7-8H2,1-2H3. The molecular formula is C11H17NO3S. The average Bonchev–Trinajstić information content (AvgIpc) is 2.29. The van der Waals surface area contributed by atoms with Crippen LogP contribution in [0.3, 0.4) is 0 Å². The van der Waals surface area contributed by atoms with Crippen LogP contribution < -0.4 is 4.72 Å². The minimum absolute atomic E-state index is 0.287. The van der Waals surface area contributed by atoms with Gasteiger partial charge >= 0.3 is 0 Å². The van der Waals surface area contributed by atoms with E-state index in [1.54, 1.807) is 18.2 Å². The maximum Gasteiger partial charge on any atom is 0.240 e. The van der Waals surface area contributed by atoms with Gasteiger partial charge in [-0.05, 0) is 24.1 Å². The highest BCUT2D eigenvalue weighted by atomic mass is 32.2. The first kappa shape index (κ1) is 13.2.